The third-order valence-corrected chi connectivity index (χ3v) is 5.02. The van der Waals surface area contributed by atoms with Crippen LogP contribution >= 0.6 is 0 Å². The predicted molar refractivity (Wildman–Crippen MR) is 98.8 cm³/mol. The molecular formula is C20H28N4O. The van der Waals surface area contributed by atoms with Crippen LogP contribution < -0.4 is 5.32 Å². The molecule has 1 aliphatic rings. The molecule has 0 unspecified atom stereocenters. The Balaban J connectivity index is 1.49. The summed E-state index contributed by atoms with van der Waals surface area (Å²) in [5.41, 5.74) is 1.35. The molecular weight excluding hydrogens is 312 g/mol. The summed E-state index contributed by atoms with van der Waals surface area (Å²) < 4.78 is 1.80. The Morgan fingerprint density at radius 3 is 2.52 bits per heavy atom. The molecule has 2 heterocycles. The molecule has 1 fully saturated rings. The Kier molecular flexibility index (Phi) is 5.87. The number of amides is 1. The van der Waals surface area contributed by atoms with E-state index < -0.39 is 0 Å². The van der Waals surface area contributed by atoms with Crippen LogP contribution in [-0.4, -0.2) is 39.7 Å². The molecule has 0 spiro atoms. The normalized spacial score (nSPS) is 22.0. The summed E-state index contributed by atoms with van der Waals surface area (Å²) in [7, 11) is 0. The van der Waals surface area contributed by atoms with Crippen molar-refractivity contribution in [2.75, 3.05) is 13.1 Å². The van der Waals surface area contributed by atoms with Crippen LogP contribution in [0.1, 0.15) is 25.8 Å². The summed E-state index contributed by atoms with van der Waals surface area (Å²) in [6.07, 6.45) is 4.11. The van der Waals surface area contributed by atoms with Gasteiger partial charge in [-0.3, -0.25) is 14.4 Å². The number of benzene rings is 1. The van der Waals surface area contributed by atoms with E-state index in [4.69, 9.17) is 0 Å². The van der Waals surface area contributed by atoms with Gasteiger partial charge >= 0.3 is 0 Å². The van der Waals surface area contributed by atoms with Crippen molar-refractivity contribution >= 4 is 5.91 Å². The number of rotatable bonds is 6. The summed E-state index contributed by atoms with van der Waals surface area (Å²) in [4.78, 5) is 14.8. The summed E-state index contributed by atoms with van der Waals surface area (Å²) in [6, 6.07) is 12.7. The zero-order valence-electron chi connectivity index (χ0n) is 15.1. The Morgan fingerprint density at radius 2 is 1.88 bits per heavy atom. The van der Waals surface area contributed by atoms with Crippen LogP contribution in [0.25, 0.3) is 0 Å². The van der Waals surface area contributed by atoms with Gasteiger partial charge in [0.1, 0.15) is 0 Å². The van der Waals surface area contributed by atoms with Crippen molar-refractivity contribution in [1.82, 2.24) is 20.0 Å². The lowest BCUT2D eigenvalue weighted by atomic mass is 9.85. The van der Waals surface area contributed by atoms with Crippen LogP contribution in [0.5, 0.6) is 0 Å². The zero-order chi connectivity index (χ0) is 17.6. The molecule has 2 atom stereocenters. The quantitative estimate of drug-likeness (QED) is 0.879. The van der Waals surface area contributed by atoms with Crippen molar-refractivity contribution < 1.29 is 4.79 Å². The van der Waals surface area contributed by atoms with Crippen molar-refractivity contribution in [3.05, 3.63) is 54.4 Å². The maximum absolute atomic E-state index is 12.3. The van der Waals surface area contributed by atoms with E-state index in [0.29, 0.717) is 24.8 Å². The van der Waals surface area contributed by atoms with Gasteiger partial charge in [-0.05, 0) is 23.5 Å². The van der Waals surface area contributed by atoms with Gasteiger partial charge in [-0.1, -0.05) is 44.2 Å². The number of carbonyl (C=O) groups is 1. The van der Waals surface area contributed by atoms with E-state index in [-0.39, 0.29) is 11.9 Å². The van der Waals surface area contributed by atoms with E-state index in [1.165, 1.54) is 5.56 Å². The van der Waals surface area contributed by atoms with Gasteiger partial charge in [-0.2, -0.15) is 5.10 Å². The van der Waals surface area contributed by atoms with Gasteiger partial charge in [0.25, 0.3) is 0 Å². The Hall–Kier alpha value is -2.14. The second kappa shape index (κ2) is 8.30. The van der Waals surface area contributed by atoms with Crippen LogP contribution in [0.2, 0.25) is 0 Å². The number of hydrogen-bond donors (Lipinski definition) is 1. The molecule has 134 valence electrons. The van der Waals surface area contributed by atoms with Gasteiger partial charge in [0.2, 0.25) is 5.91 Å². The highest BCUT2D eigenvalue weighted by Crippen LogP contribution is 2.23. The molecule has 25 heavy (non-hydrogen) atoms. The molecule has 5 heteroatoms. The van der Waals surface area contributed by atoms with Crippen LogP contribution in [0.4, 0.5) is 0 Å². The van der Waals surface area contributed by atoms with Gasteiger partial charge in [0.05, 0.1) is 0 Å². The Morgan fingerprint density at radius 1 is 1.16 bits per heavy atom. The molecule has 2 aromatic rings. The second-order valence-corrected chi connectivity index (χ2v) is 7.25. The molecule has 3 rings (SSSR count). The fourth-order valence-corrected chi connectivity index (χ4v) is 3.84. The van der Waals surface area contributed by atoms with Gasteiger partial charge in [0.15, 0.2) is 0 Å². The van der Waals surface area contributed by atoms with Gasteiger partial charge in [-0.25, -0.2) is 0 Å². The van der Waals surface area contributed by atoms with E-state index in [2.05, 4.69) is 59.5 Å². The lowest BCUT2D eigenvalue weighted by Gasteiger charge is -2.41. The summed E-state index contributed by atoms with van der Waals surface area (Å²) in [6.45, 7) is 8.13. The number of hydrogen-bond acceptors (Lipinski definition) is 3. The van der Waals surface area contributed by atoms with Crippen molar-refractivity contribution in [3.8, 4) is 0 Å². The first-order valence-corrected chi connectivity index (χ1v) is 9.15. The van der Waals surface area contributed by atoms with Crippen molar-refractivity contribution in [1.29, 1.82) is 0 Å². The maximum Gasteiger partial charge on any atom is 0.222 e. The first-order valence-electron chi connectivity index (χ1n) is 9.15. The monoisotopic (exact) mass is 340 g/mol. The number of aromatic nitrogens is 2. The van der Waals surface area contributed by atoms with E-state index in [9.17, 15) is 4.79 Å². The first kappa shape index (κ1) is 17.7. The highest BCUT2D eigenvalue weighted by atomic mass is 16.1. The third-order valence-electron chi connectivity index (χ3n) is 5.02. The van der Waals surface area contributed by atoms with E-state index in [0.717, 1.165) is 19.6 Å². The fourth-order valence-electron chi connectivity index (χ4n) is 3.84. The van der Waals surface area contributed by atoms with Crippen LogP contribution in [-0.2, 0) is 17.9 Å². The Bertz CT molecular complexity index is 644. The lowest BCUT2D eigenvalue weighted by molar-refractivity contribution is -0.123. The molecule has 5 nitrogen and oxygen atoms in total. The average Bonchev–Trinajstić information content (AvgIpc) is 3.11. The molecule has 1 N–H and O–H groups in total. The summed E-state index contributed by atoms with van der Waals surface area (Å²) in [5, 5.41) is 7.40. The molecule has 1 aromatic carbocycles. The molecule has 1 aliphatic heterocycles. The number of carbonyl (C=O) groups excluding carboxylic acids is 1. The number of piperidine rings is 1. The van der Waals surface area contributed by atoms with Gasteiger partial charge in [-0.15, -0.1) is 0 Å². The van der Waals surface area contributed by atoms with Crippen LogP contribution in [0, 0.1) is 11.8 Å². The van der Waals surface area contributed by atoms with Gasteiger partial charge < -0.3 is 5.32 Å². The highest BCUT2D eigenvalue weighted by Gasteiger charge is 2.32. The van der Waals surface area contributed by atoms with Crippen LogP contribution in [0.3, 0.4) is 0 Å². The van der Waals surface area contributed by atoms with E-state index in [1.54, 1.807) is 10.9 Å². The smallest absolute Gasteiger partial charge is 0.222 e. The summed E-state index contributed by atoms with van der Waals surface area (Å²) >= 11 is 0. The highest BCUT2D eigenvalue weighted by molar-refractivity contribution is 5.76. The molecule has 1 aromatic heterocycles. The van der Waals surface area contributed by atoms with E-state index >= 15 is 0 Å². The molecule has 0 bridgehead atoms. The average molecular weight is 340 g/mol. The summed E-state index contributed by atoms with van der Waals surface area (Å²) in [5.74, 6) is 1.01. The molecule has 0 saturated carbocycles. The second-order valence-electron chi connectivity index (χ2n) is 7.25. The van der Waals surface area contributed by atoms with E-state index in [1.807, 2.05) is 12.3 Å². The fraction of sp³-hybridized carbons (Fsp3) is 0.500. The molecule has 1 saturated heterocycles. The number of likely N-dealkylation sites (tertiary alicyclic amines) is 1. The third kappa shape index (κ3) is 4.92. The standard InChI is InChI=1S/C20H28N4O/c1-16-13-23(15-18-7-4-3-5-8-18)14-17(2)20(16)22-19(25)9-12-24-11-6-10-21-24/h3-8,10-11,16-17,20H,9,12-15H2,1-2H3,(H,22,25)/t16-,17-/m0/s1. The zero-order valence-corrected chi connectivity index (χ0v) is 15.1. The minimum atomic E-state index is 0.121. The molecule has 0 radical (unpaired) electrons. The lowest BCUT2D eigenvalue weighted by Crippen LogP contribution is -2.54. The number of aryl methyl sites for hydroxylation is 1. The van der Waals surface area contributed by atoms with Crippen molar-refractivity contribution in [2.24, 2.45) is 11.8 Å². The molecule has 1 amide bonds. The largest absolute Gasteiger partial charge is 0.353 e. The predicted octanol–water partition coefficient (Wildman–Crippen LogP) is 2.55. The molecule has 0 aliphatic carbocycles. The minimum absolute atomic E-state index is 0.121. The number of nitrogens with zero attached hydrogens (tertiary/aromatic N) is 3. The number of nitrogens with one attached hydrogen (secondary N) is 1. The van der Waals surface area contributed by atoms with Crippen molar-refractivity contribution in [3.63, 3.8) is 0 Å². The SMILES string of the molecule is C[C@H]1CN(Cc2ccccc2)C[C@H](C)C1NC(=O)CCn1cccn1. The first-order chi connectivity index (χ1) is 12.1. The van der Waals surface area contributed by atoms with Crippen LogP contribution in [0.15, 0.2) is 48.8 Å². The Labute approximate surface area is 150 Å². The maximum atomic E-state index is 12.3. The van der Waals surface area contributed by atoms with Gasteiger partial charge in [0, 0.05) is 51.0 Å². The van der Waals surface area contributed by atoms with Crippen molar-refractivity contribution in [2.45, 2.75) is 39.4 Å². The minimum Gasteiger partial charge on any atom is -0.353 e. The topological polar surface area (TPSA) is 50.2 Å².